The highest BCUT2D eigenvalue weighted by atomic mass is 35.5. The number of pyridine rings is 1. The van der Waals surface area contributed by atoms with E-state index in [0.717, 1.165) is 0 Å². The zero-order valence-corrected chi connectivity index (χ0v) is 15.3. The number of hydrogen-bond acceptors (Lipinski definition) is 5. The quantitative estimate of drug-likeness (QED) is 0.866. The molecule has 2 aliphatic rings. The number of amides is 1. The van der Waals surface area contributed by atoms with Crippen LogP contribution in [0.4, 0.5) is 15.9 Å². The Hall–Kier alpha value is -2.22. The number of halogens is 2. The van der Waals surface area contributed by atoms with E-state index in [-0.39, 0.29) is 10.9 Å². The molecule has 1 spiro atoms. The van der Waals surface area contributed by atoms with Crippen LogP contribution in [-0.4, -0.2) is 47.9 Å². The maximum Gasteiger partial charge on any atom is 0.255 e. The highest BCUT2D eigenvalue weighted by Gasteiger charge is 2.40. The number of ether oxygens (including phenoxy) is 2. The second-order valence-corrected chi connectivity index (χ2v) is 6.99. The first-order valence-corrected chi connectivity index (χ1v) is 9.18. The zero-order chi connectivity index (χ0) is 18.9. The fraction of sp³-hybridized carbons (Fsp3) is 0.368. The normalized spacial score (nSPS) is 18.7. The molecule has 2 aromatic rings. The number of rotatable bonds is 3. The van der Waals surface area contributed by atoms with Crippen molar-refractivity contribution in [3.63, 3.8) is 0 Å². The van der Waals surface area contributed by atoms with Crippen molar-refractivity contribution in [2.45, 2.75) is 18.6 Å². The lowest BCUT2D eigenvalue weighted by Gasteiger charge is -2.37. The summed E-state index contributed by atoms with van der Waals surface area (Å²) in [6, 6.07) is 7.76. The van der Waals surface area contributed by atoms with Gasteiger partial charge in [0.15, 0.2) is 5.79 Å². The molecule has 3 heterocycles. The minimum absolute atomic E-state index is 0.0323. The van der Waals surface area contributed by atoms with E-state index in [1.54, 1.807) is 23.1 Å². The first kappa shape index (κ1) is 18.2. The van der Waals surface area contributed by atoms with Crippen molar-refractivity contribution in [1.29, 1.82) is 0 Å². The van der Waals surface area contributed by atoms with Gasteiger partial charge in [0.05, 0.1) is 23.8 Å². The molecule has 27 heavy (non-hydrogen) atoms. The van der Waals surface area contributed by atoms with Crippen LogP contribution in [0.25, 0.3) is 0 Å². The van der Waals surface area contributed by atoms with Gasteiger partial charge in [-0.2, -0.15) is 0 Å². The molecule has 2 aliphatic heterocycles. The summed E-state index contributed by atoms with van der Waals surface area (Å²) in [5.41, 5.74) is 1.13. The third-order valence-electron chi connectivity index (χ3n) is 4.83. The molecule has 0 aliphatic carbocycles. The van der Waals surface area contributed by atoms with Gasteiger partial charge in [0.25, 0.3) is 5.91 Å². The van der Waals surface area contributed by atoms with Gasteiger partial charge >= 0.3 is 0 Å². The van der Waals surface area contributed by atoms with Gasteiger partial charge in [-0.15, -0.1) is 0 Å². The Labute approximate surface area is 161 Å². The molecule has 0 radical (unpaired) electrons. The molecule has 0 atom stereocenters. The molecule has 1 aromatic heterocycles. The number of nitrogens with one attached hydrogen (secondary N) is 1. The molecular weight excluding hydrogens is 373 g/mol. The largest absolute Gasteiger partial charge is 0.347 e. The second-order valence-electron chi connectivity index (χ2n) is 6.59. The maximum absolute atomic E-state index is 13.2. The number of carbonyl (C=O) groups is 1. The van der Waals surface area contributed by atoms with Gasteiger partial charge in [-0.3, -0.25) is 4.79 Å². The van der Waals surface area contributed by atoms with Gasteiger partial charge < -0.3 is 19.7 Å². The van der Waals surface area contributed by atoms with Gasteiger partial charge in [0.1, 0.15) is 11.6 Å². The zero-order valence-electron chi connectivity index (χ0n) is 14.6. The molecule has 2 saturated heterocycles. The average Bonchev–Trinajstić information content (AvgIpc) is 3.13. The fourth-order valence-corrected chi connectivity index (χ4v) is 3.52. The van der Waals surface area contributed by atoms with Crippen LogP contribution in [0.2, 0.25) is 5.02 Å². The van der Waals surface area contributed by atoms with Crippen LogP contribution in [0, 0.1) is 5.82 Å². The minimum atomic E-state index is -0.501. The Kier molecular flexibility index (Phi) is 4.99. The van der Waals surface area contributed by atoms with Crippen molar-refractivity contribution in [2.75, 3.05) is 31.6 Å². The summed E-state index contributed by atoms with van der Waals surface area (Å²) in [5.74, 6) is -0.502. The summed E-state index contributed by atoms with van der Waals surface area (Å²) in [6.45, 7) is 2.41. The predicted molar refractivity (Wildman–Crippen MR) is 98.7 cm³/mol. The van der Waals surface area contributed by atoms with Crippen LogP contribution in [0.3, 0.4) is 0 Å². The molecule has 1 aromatic carbocycles. The summed E-state index contributed by atoms with van der Waals surface area (Å²) in [6.07, 6.45) is 2.89. The Morgan fingerprint density at radius 3 is 2.56 bits per heavy atom. The van der Waals surface area contributed by atoms with Gasteiger partial charge in [0.2, 0.25) is 0 Å². The lowest BCUT2D eigenvalue weighted by Crippen LogP contribution is -2.47. The molecule has 8 heteroatoms. The number of hydrogen-bond donors (Lipinski definition) is 1. The number of likely N-dealkylation sites (tertiary alicyclic amines) is 1. The first-order chi connectivity index (χ1) is 13.0. The Bertz CT molecular complexity index is 831. The summed E-state index contributed by atoms with van der Waals surface area (Å²) in [7, 11) is 0. The van der Waals surface area contributed by atoms with Crippen LogP contribution in [0.1, 0.15) is 23.2 Å². The van der Waals surface area contributed by atoms with Crippen LogP contribution in [0.15, 0.2) is 36.5 Å². The summed E-state index contributed by atoms with van der Waals surface area (Å²) in [5, 5.41) is 3.06. The number of carbonyl (C=O) groups excluding carboxylic acids is 1. The molecule has 142 valence electrons. The van der Waals surface area contributed by atoms with Crippen molar-refractivity contribution in [3.8, 4) is 0 Å². The third-order valence-corrected chi connectivity index (χ3v) is 5.12. The van der Waals surface area contributed by atoms with E-state index in [1.165, 1.54) is 18.3 Å². The molecule has 1 amide bonds. The van der Waals surface area contributed by atoms with Gasteiger partial charge in [-0.05, 0) is 30.3 Å². The highest BCUT2D eigenvalue weighted by Crippen LogP contribution is 2.31. The van der Waals surface area contributed by atoms with Crippen molar-refractivity contribution in [2.24, 2.45) is 0 Å². The van der Waals surface area contributed by atoms with Crippen molar-refractivity contribution in [1.82, 2.24) is 9.88 Å². The Balaban J connectivity index is 1.38. The van der Waals surface area contributed by atoms with E-state index in [1.807, 2.05) is 0 Å². The summed E-state index contributed by atoms with van der Waals surface area (Å²) in [4.78, 5) is 18.7. The summed E-state index contributed by atoms with van der Waals surface area (Å²) < 4.78 is 24.6. The van der Waals surface area contributed by atoms with Crippen LogP contribution in [0.5, 0.6) is 0 Å². The molecule has 6 nitrogen and oxygen atoms in total. The average molecular weight is 392 g/mol. The monoisotopic (exact) mass is 391 g/mol. The van der Waals surface area contributed by atoms with Crippen LogP contribution >= 0.6 is 11.6 Å². The molecule has 1 N–H and O–H groups in total. The van der Waals surface area contributed by atoms with E-state index in [4.69, 9.17) is 21.1 Å². The number of nitrogens with zero attached hydrogens (tertiary/aromatic N) is 2. The Morgan fingerprint density at radius 1 is 1.19 bits per heavy atom. The topological polar surface area (TPSA) is 63.7 Å². The van der Waals surface area contributed by atoms with E-state index in [0.29, 0.717) is 56.2 Å². The summed E-state index contributed by atoms with van der Waals surface area (Å²) >= 11 is 5.77. The fourth-order valence-electron chi connectivity index (χ4n) is 3.33. The van der Waals surface area contributed by atoms with Crippen molar-refractivity contribution < 1.29 is 18.7 Å². The molecule has 0 saturated carbocycles. The molecule has 0 bridgehead atoms. The van der Waals surface area contributed by atoms with Crippen LogP contribution in [-0.2, 0) is 9.47 Å². The first-order valence-electron chi connectivity index (χ1n) is 8.80. The second kappa shape index (κ2) is 7.42. The maximum atomic E-state index is 13.2. The van der Waals surface area contributed by atoms with E-state index in [9.17, 15) is 9.18 Å². The van der Waals surface area contributed by atoms with Gasteiger partial charge in [-0.25, -0.2) is 9.37 Å². The van der Waals surface area contributed by atoms with E-state index in [2.05, 4.69) is 10.3 Å². The third kappa shape index (κ3) is 3.90. The Morgan fingerprint density at radius 2 is 1.93 bits per heavy atom. The van der Waals surface area contributed by atoms with Crippen molar-refractivity contribution >= 4 is 29.0 Å². The number of benzene rings is 1. The van der Waals surface area contributed by atoms with E-state index >= 15 is 0 Å². The molecule has 0 unspecified atom stereocenters. The molecule has 2 fully saturated rings. The molecular formula is C19H19ClFN3O3. The van der Waals surface area contributed by atoms with Gasteiger partial charge in [-0.1, -0.05) is 11.6 Å². The van der Waals surface area contributed by atoms with Gasteiger partial charge in [0, 0.05) is 37.8 Å². The predicted octanol–water partition coefficient (Wildman–Crippen LogP) is 3.60. The minimum Gasteiger partial charge on any atom is -0.347 e. The lowest BCUT2D eigenvalue weighted by molar-refractivity contribution is -0.181. The number of aromatic nitrogens is 1. The van der Waals surface area contributed by atoms with Crippen LogP contribution < -0.4 is 5.32 Å². The lowest BCUT2D eigenvalue weighted by atomic mass is 10.0. The van der Waals surface area contributed by atoms with Crippen molar-refractivity contribution in [3.05, 3.63) is 52.9 Å². The highest BCUT2D eigenvalue weighted by molar-refractivity contribution is 6.31. The number of anilines is 2. The SMILES string of the molecule is O=C(c1ccc(Nc2ccc(F)c(Cl)c2)nc1)N1CCC2(CC1)OCCO2. The standard InChI is InChI=1S/C19H19ClFN3O3/c20-15-11-14(2-3-16(15)21)23-17-4-1-13(12-22-17)18(25)24-7-5-19(6-8-24)26-9-10-27-19/h1-4,11-12H,5-10H2,(H,22,23). The smallest absolute Gasteiger partial charge is 0.255 e. The molecule has 4 rings (SSSR count). The van der Waals surface area contributed by atoms with E-state index < -0.39 is 11.6 Å². The number of piperidine rings is 1.